The predicted octanol–water partition coefficient (Wildman–Crippen LogP) is 0.761. The van der Waals surface area contributed by atoms with Crippen LogP contribution in [0.1, 0.15) is 13.3 Å². The van der Waals surface area contributed by atoms with Gasteiger partial charge in [-0.2, -0.15) is 0 Å². The summed E-state index contributed by atoms with van der Waals surface area (Å²) < 4.78 is 15.5. The van der Waals surface area contributed by atoms with Crippen molar-refractivity contribution in [3.63, 3.8) is 0 Å². The predicted molar refractivity (Wildman–Crippen MR) is 62.0 cm³/mol. The van der Waals surface area contributed by atoms with Crippen molar-refractivity contribution in [3.05, 3.63) is 12.2 Å². The van der Waals surface area contributed by atoms with Gasteiger partial charge in [0.1, 0.15) is 6.10 Å². The highest BCUT2D eigenvalue weighted by Crippen LogP contribution is 2.15. The number of ketones is 1. The van der Waals surface area contributed by atoms with Gasteiger partial charge in [0.05, 0.1) is 0 Å². The first-order valence-electron chi connectivity index (χ1n) is 5.04. The number of carbonyl (C=O) groups excluding carboxylic acids is 1. The molecule has 0 aliphatic rings. The number of aliphatic hydroxyl groups excluding tert-OH is 1. The van der Waals surface area contributed by atoms with E-state index in [0.717, 1.165) is 0 Å². The Bertz CT molecular complexity index is 229. The minimum atomic E-state index is -2.71. The van der Waals surface area contributed by atoms with Crippen LogP contribution in [0.4, 0.5) is 0 Å². The largest absolute Gasteiger partial charge is 0.500 e. The molecule has 0 fully saturated rings. The fourth-order valence-electron chi connectivity index (χ4n) is 1.27. The molecule has 0 saturated heterocycles. The third-order valence-electron chi connectivity index (χ3n) is 2.32. The molecule has 0 aliphatic heterocycles. The minimum absolute atomic E-state index is 0.174. The molecule has 1 unspecified atom stereocenters. The molecule has 0 aromatic rings. The van der Waals surface area contributed by atoms with Crippen molar-refractivity contribution in [2.75, 3.05) is 21.3 Å². The third kappa shape index (κ3) is 4.54. The lowest BCUT2D eigenvalue weighted by atomic mass is 10.2. The number of rotatable bonds is 8. The summed E-state index contributed by atoms with van der Waals surface area (Å²) in [7, 11) is 1.77. The zero-order chi connectivity index (χ0) is 12.6. The summed E-state index contributed by atoms with van der Waals surface area (Å²) in [6.07, 6.45) is 2.20. The Morgan fingerprint density at radius 2 is 1.81 bits per heavy atom. The second kappa shape index (κ2) is 7.69. The Labute approximate surface area is 97.4 Å². The Hall–Kier alpha value is -0.533. The van der Waals surface area contributed by atoms with E-state index < -0.39 is 14.9 Å². The molecule has 0 heterocycles. The Balaban J connectivity index is 4.26. The normalized spacial score (nSPS) is 14.3. The van der Waals surface area contributed by atoms with Crippen molar-refractivity contribution in [1.29, 1.82) is 0 Å². The van der Waals surface area contributed by atoms with Crippen molar-refractivity contribution in [2.24, 2.45) is 0 Å². The SMILES string of the molecule is CC=CC(O)C(=O)CC[Si](OC)(OC)OC. The van der Waals surface area contributed by atoms with Gasteiger partial charge in [0, 0.05) is 33.8 Å². The quantitative estimate of drug-likeness (QED) is 0.507. The van der Waals surface area contributed by atoms with Crippen LogP contribution in [-0.4, -0.2) is 47.1 Å². The minimum Gasteiger partial charge on any atom is -0.381 e. The first-order chi connectivity index (χ1) is 7.55. The van der Waals surface area contributed by atoms with Crippen molar-refractivity contribution < 1.29 is 23.2 Å². The number of hydrogen-bond donors (Lipinski definition) is 1. The van der Waals surface area contributed by atoms with E-state index in [2.05, 4.69) is 0 Å². The number of aliphatic hydroxyl groups is 1. The standard InChI is InChI=1S/C10H20O5Si/c1-5-6-9(11)10(12)7-8-16(13-2,14-3)15-4/h5-6,9,11H,7-8H2,1-4H3. The van der Waals surface area contributed by atoms with Crippen LogP contribution in [0, 0.1) is 0 Å². The number of allylic oxidation sites excluding steroid dienone is 1. The van der Waals surface area contributed by atoms with E-state index in [1.807, 2.05) is 0 Å². The van der Waals surface area contributed by atoms with E-state index in [9.17, 15) is 9.90 Å². The molecule has 0 aromatic heterocycles. The van der Waals surface area contributed by atoms with Crippen LogP contribution in [0.5, 0.6) is 0 Å². The smallest absolute Gasteiger partial charge is 0.381 e. The third-order valence-corrected chi connectivity index (χ3v) is 5.04. The van der Waals surface area contributed by atoms with E-state index in [4.69, 9.17) is 13.3 Å². The van der Waals surface area contributed by atoms with E-state index in [0.29, 0.717) is 6.04 Å². The monoisotopic (exact) mass is 248 g/mol. The zero-order valence-electron chi connectivity index (χ0n) is 10.2. The van der Waals surface area contributed by atoms with E-state index in [1.165, 1.54) is 27.4 Å². The molecule has 0 aromatic carbocycles. The van der Waals surface area contributed by atoms with Crippen LogP contribution < -0.4 is 0 Å². The number of carbonyl (C=O) groups is 1. The summed E-state index contributed by atoms with van der Waals surface area (Å²) in [6, 6.07) is 0.365. The molecule has 0 aliphatic carbocycles. The van der Waals surface area contributed by atoms with Gasteiger partial charge in [-0.3, -0.25) is 4.79 Å². The fourth-order valence-corrected chi connectivity index (χ4v) is 2.93. The maximum absolute atomic E-state index is 11.5. The molecule has 0 amide bonds. The molecule has 0 bridgehead atoms. The molecule has 0 radical (unpaired) electrons. The second-order valence-electron chi connectivity index (χ2n) is 3.23. The van der Waals surface area contributed by atoms with Gasteiger partial charge >= 0.3 is 8.80 Å². The van der Waals surface area contributed by atoms with Gasteiger partial charge in [-0.05, 0) is 6.92 Å². The van der Waals surface area contributed by atoms with E-state index in [1.54, 1.807) is 13.0 Å². The highest BCUT2D eigenvalue weighted by atomic mass is 28.4. The maximum atomic E-state index is 11.5. The van der Waals surface area contributed by atoms with Gasteiger partial charge in [0.15, 0.2) is 5.78 Å². The molecule has 0 saturated carbocycles. The number of hydrogen-bond acceptors (Lipinski definition) is 5. The lowest BCUT2D eigenvalue weighted by molar-refractivity contribution is -0.124. The van der Waals surface area contributed by atoms with Crippen molar-refractivity contribution >= 4 is 14.6 Å². The zero-order valence-corrected chi connectivity index (χ0v) is 11.2. The molecular formula is C10H20O5Si. The molecule has 1 N–H and O–H groups in total. The maximum Gasteiger partial charge on any atom is 0.500 e. The van der Waals surface area contributed by atoms with Gasteiger partial charge < -0.3 is 18.4 Å². The van der Waals surface area contributed by atoms with Crippen LogP contribution in [0.15, 0.2) is 12.2 Å². The molecule has 0 spiro atoms. The van der Waals surface area contributed by atoms with Gasteiger partial charge in [0.25, 0.3) is 0 Å². The Kier molecular flexibility index (Phi) is 7.44. The Morgan fingerprint density at radius 3 is 2.19 bits per heavy atom. The molecular weight excluding hydrogens is 228 g/mol. The Morgan fingerprint density at radius 1 is 1.31 bits per heavy atom. The molecule has 6 heteroatoms. The van der Waals surface area contributed by atoms with Crippen molar-refractivity contribution in [3.8, 4) is 0 Å². The van der Waals surface area contributed by atoms with Crippen molar-refractivity contribution in [1.82, 2.24) is 0 Å². The summed E-state index contributed by atoms with van der Waals surface area (Å²) in [6.45, 7) is 1.75. The van der Waals surface area contributed by atoms with Gasteiger partial charge in [-0.1, -0.05) is 12.2 Å². The highest BCUT2D eigenvalue weighted by Gasteiger charge is 2.38. The average Bonchev–Trinajstić information content (AvgIpc) is 2.31. The molecule has 16 heavy (non-hydrogen) atoms. The summed E-state index contributed by atoms with van der Waals surface area (Å²) in [5.41, 5.74) is 0. The van der Waals surface area contributed by atoms with Crippen LogP contribution >= 0.6 is 0 Å². The van der Waals surface area contributed by atoms with Crippen LogP contribution in [0.3, 0.4) is 0 Å². The lowest BCUT2D eigenvalue weighted by Gasteiger charge is -2.24. The van der Waals surface area contributed by atoms with Crippen LogP contribution in [0.2, 0.25) is 6.04 Å². The first kappa shape index (κ1) is 15.5. The van der Waals surface area contributed by atoms with Gasteiger partial charge in [-0.25, -0.2) is 0 Å². The highest BCUT2D eigenvalue weighted by molar-refractivity contribution is 6.60. The molecule has 5 nitrogen and oxygen atoms in total. The lowest BCUT2D eigenvalue weighted by Crippen LogP contribution is -2.43. The van der Waals surface area contributed by atoms with Crippen LogP contribution in [0.25, 0.3) is 0 Å². The molecule has 1 atom stereocenters. The number of Topliss-reactive ketones (excluding diaryl/α,β-unsaturated/α-hetero) is 1. The van der Waals surface area contributed by atoms with E-state index >= 15 is 0 Å². The summed E-state index contributed by atoms with van der Waals surface area (Å²) >= 11 is 0. The van der Waals surface area contributed by atoms with Gasteiger partial charge in [0.2, 0.25) is 0 Å². The van der Waals surface area contributed by atoms with E-state index in [-0.39, 0.29) is 12.2 Å². The summed E-state index contributed by atoms with van der Waals surface area (Å²) in [5.74, 6) is -0.263. The second-order valence-corrected chi connectivity index (χ2v) is 6.32. The topological polar surface area (TPSA) is 65.0 Å². The van der Waals surface area contributed by atoms with Crippen LogP contribution in [-0.2, 0) is 18.1 Å². The van der Waals surface area contributed by atoms with Gasteiger partial charge in [-0.15, -0.1) is 0 Å². The molecule has 0 rings (SSSR count). The average molecular weight is 248 g/mol. The summed E-state index contributed by atoms with van der Waals surface area (Å²) in [5, 5.41) is 9.39. The summed E-state index contributed by atoms with van der Waals surface area (Å²) in [4.78, 5) is 11.5. The first-order valence-corrected chi connectivity index (χ1v) is 6.97. The molecule has 94 valence electrons. The fraction of sp³-hybridized carbons (Fsp3) is 0.700. The van der Waals surface area contributed by atoms with Crippen molar-refractivity contribution in [2.45, 2.75) is 25.5 Å².